The van der Waals surface area contributed by atoms with E-state index in [1.54, 1.807) is 18.3 Å². The molecule has 0 radical (unpaired) electrons. The molecule has 4 heterocycles. The molecule has 2 aromatic carbocycles. The van der Waals surface area contributed by atoms with Crippen molar-refractivity contribution < 1.29 is 10.2 Å². The van der Waals surface area contributed by atoms with Gasteiger partial charge in [0.1, 0.15) is 11.4 Å². The maximum Gasteiger partial charge on any atom is 0.137 e. The van der Waals surface area contributed by atoms with Crippen LogP contribution in [0.4, 0.5) is 0 Å². The maximum absolute atomic E-state index is 9.65. The Labute approximate surface area is 267 Å². The van der Waals surface area contributed by atoms with Crippen LogP contribution in [0.15, 0.2) is 61.1 Å². The third-order valence-corrected chi connectivity index (χ3v) is 7.94. The fourth-order valence-corrected chi connectivity index (χ4v) is 6.21. The van der Waals surface area contributed by atoms with Gasteiger partial charge in [0, 0.05) is 34.7 Å². The van der Waals surface area contributed by atoms with Gasteiger partial charge in [-0.2, -0.15) is 5.10 Å². The Balaban J connectivity index is 0.000000154. The smallest absolute Gasteiger partial charge is 0.137 e. The third-order valence-electron chi connectivity index (χ3n) is 7.94. The molecule has 7 nitrogen and oxygen atoms in total. The Morgan fingerprint density at radius 1 is 0.778 bits per heavy atom. The van der Waals surface area contributed by atoms with E-state index in [0.717, 1.165) is 38.7 Å². The van der Waals surface area contributed by atoms with Crippen molar-refractivity contribution in [2.24, 2.45) is 0 Å². The molecule has 238 valence electrons. The SMILES string of the molecule is CC(C)(C)c1cc(O)cc2cccnc12.Cc1ccc2n[nH]c(CO)c2c1C(C)(C)C.Cc1cnc2[nH]ccc2c1C(C)(C)C. The molecule has 7 heteroatoms. The number of phenols is 1. The van der Waals surface area contributed by atoms with Crippen LogP contribution in [0.1, 0.15) is 95.8 Å². The van der Waals surface area contributed by atoms with Gasteiger partial charge >= 0.3 is 0 Å². The van der Waals surface area contributed by atoms with E-state index in [2.05, 4.69) is 113 Å². The van der Waals surface area contributed by atoms with Gasteiger partial charge < -0.3 is 15.2 Å². The highest BCUT2D eigenvalue weighted by Crippen LogP contribution is 2.35. The monoisotopic (exact) mass is 607 g/mol. The zero-order valence-electron chi connectivity index (χ0n) is 28.7. The van der Waals surface area contributed by atoms with E-state index in [-0.39, 0.29) is 22.9 Å². The lowest BCUT2D eigenvalue weighted by Gasteiger charge is -2.23. The maximum atomic E-state index is 9.65. The van der Waals surface area contributed by atoms with Crippen LogP contribution < -0.4 is 0 Å². The molecule has 0 bridgehead atoms. The Kier molecular flexibility index (Phi) is 9.45. The van der Waals surface area contributed by atoms with Crippen LogP contribution in [0.2, 0.25) is 0 Å². The first kappa shape index (κ1) is 33.7. The highest BCUT2D eigenvalue weighted by molar-refractivity contribution is 5.87. The lowest BCUT2D eigenvalue weighted by molar-refractivity contribution is 0.278. The summed E-state index contributed by atoms with van der Waals surface area (Å²) in [4.78, 5) is 11.9. The number of aromatic hydroxyl groups is 1. The molecule has 45 heavy (non-hydrogen) atoms. The van der Waals surface area contributed by atoms with Crippen LogP contribution >= 0.6 is 0 Å². The van der Waals surface area contributed by atoms with Crippen LogP contribution in [-0.2, 0) is 22.9 Å². The van der Waals surface area contributed by atoms with Crippen LogP contribution in [0.5, 0.6) is 5.75 Å². The highest BCUT2D eigenvalue weighted by atomic mass is 16.3. The molecule has 4 aromatic heterocycles. The lowest BCUT2D eigenvalue weighted by atomic mass is 9.81. The van der Waals surface area contributed by atoms with Gasteiger partial charge in [0.05, 0.1) is 23.3 Å². The molecule has 6 rings (SSSR count). The number of fused-ring (bicyclic) bond motifs is 3. The molecule has 0 aliphatic carbocycles. The topological polar surface area (TPSA) is 111 Å². The minimum Gasteiger partial charge on any atom is -0.508 e. The molecule has 0 fully saturated rings. The number of phenolic OH excluding ortho intramolecular Hbond substituents is 1. The van der Waals surface area contributed by atoms with Gasteiger partial charge in [-0.1, -0.05) is 74.4 Å². The van der Waals surface area contributed by atoms with Gasteiger partial charge in [-0.3, -0.25) is 10.1 Å². The number of benzene rings is 2. The molecular formula is C38H49N5O2. The number of aliphatic hydroxyl groups is 1. The van der Waals surface area contributed by atoms with Gasteiger partial charge in [0.15, 0.2) is 0 Å². The van der Waals surface area contributed by atoms with Crippen molar-refractivity contribution in [1.29, 1.82) is 0 Å². The van der Waals surface area contributed by atoms with E-state index in [1.165, 1.54) is 27.6 Å². The van der Waals surface area contributed by atoms with Crippen LogP contribution in [0.3, 0.4) is 0 Å². The Morgan fingerprint density at radius 3 is 2.09 bits per heavy atom. The van der Waals surface area contributed by atoms with E-state index in [1.807, 2.05) is 30.6 Å². The van der Waals surface area contributed by atoms with Crippen LogP contribution in [0, 0.1) is 13.8 Å². The largest absolute Gasteiger partial charge is 0.508 e. The number of pyridine rings is 2. The van der Waals surface area contributed by atoms with E-state index >= 15 is 0 Å². The number of aromatic nitrogens is 5. The van der Waals surface area contributed by atoms with Crippen molar-refractivity contribution in [1.82, 2.24) is 25.1 Å². The van der Waals surface area contributed by atoms with Crippen LogP contribution in [0.25, 0.3) is 32.8 Å². The zero-order valence-corrected chi connectivity index (χ0v) is 28.7. The molecule has 0 saturated carbocycles. The average Bonchev–Trinajstić information content (AvgIpc) is 3.58. The number of nitrogens with one attached hydrogen (secondary N) is 2. The van der Waals surface area contributed by atoms with E-state index in [4.69, 9.17) is 0 Å². The molecule has 0 unspecified atom stereocenters. The van der Waals surface area contributed by atoms with Gasteiger partial charge in [0.2, 0.25) is 0 Å². The fraction of sp³-hybridized carbons (Fsp3) is 0.395. The standard InChI is InChI=1S/C13H18N2O.C13H15NO.C12H16N2/c1-8-5-6-9-11(10(7-16)15-14-9)12(8)13(2,3)4;1-13(2,3)11-8-10(15)7-9-5-4-6-14-12(9)11;1-8-7-14-11-9(5-6-13-11)10(8)12(2,3)4/h5-6,16H,7H2,1-4H3,(H,14,15);4-8,15H,1-3H3;5-7H,1-4H3,(H,13,14). The van der Waals surface area contributed by atoms with Crippen molar-refractivity contribution in [3.05, 3.63) is 94.6 Å². The molecule has 0 aliphatic heterocycles. The molecule has 0 aliphatic rings. The lowest BCUT2D eigenvalue weighted by Crippen LogP contribution is -2.14. The van der Waals surface area contributed by atoms with Gasteiger partial charge in [-0.25, -0.2) is 4.98 Å². The summed E-state index contributed by atoms with van der Waals surface area (Å²) in [5, 5.41) is 29.4. The number of nitrogens with zero attached hydrogens (tertiary/aromatic N) is 3. The summed E-state index contributed by atoms with van der Waals surface area (Å²) in [5.41, 5.74) is 10.2. The van der Waals surface area contributed by atoms with Crippen LogP contribution in [-0.4, -0.2) is 35.4 Å². The van der Waals surface area contributed by atoms with Gasteiger partial charge in [0.25, 0.3) is 0 Å². The Bertz CT molecular complexity index is 1930. The first-order chi connectivity index (χ1) is 20.9. The zero-order chi connectivity index (χ0) is 33.3. The molecule has 0 spiro atoms. The summed E-state index contributed by atoms with van der Waals surface area (Å²) < 4.78 is 0. The van der Waals surface area contributed by atoms with Gasteiger partial charge in [-0.05, 0) is 88.2 Å². The predicted octanol–water partition coefficient (Wildman–Crippen LogP) is 9.07. The van der Waals surface area contributed by atoms with Crippen molar-refractivity contribution in [3.63, 3.8) is 0 Å². The molecule has 0 amide bonds. The van der Waals surface area contributed by atoms with Gasteiger partial charge in [-0.15, -0.1) is 0 Å². The van der Waals surface area contributed by atoms with Crippen molar-refractivity contribution in [3.8, 4) is 5.75 Å². The van der Waals surface area contributed by atoms with E-state index < -0.39 is 0 Å². The third kappa shape index (κ3) is 7.36. The summed E-state index contributed by atoms with van der Waals surface area (Å²) in [6.07, 6.45) is 5.68. The fourth-order valence-electron chi connectivity index (χ4n) is 6.21. The first-order valence-electron chi connectivity index (χ1n) is 15.5. The summed E-state index contributed by atoms with van der Waals surface area (Å²) in [5.74, 6) is 0.306. The first-order valence-corrected chi connectivity index (χ1v) is 15.5. The molecule has 6 aromatic rings. The normalized spacial score (nSPS) is 12.2. The minimum atomic E-state index is -0.00859. The average molecular weight is 608 g/mol. The molecular weight excluding hydrogens is 558 g/mol. The second-order valence-electron chi connectivity index (χ2n) is 14.9. The number of aromatic amines is 2. The summed E-state index contributed by atoms with van der Waals surface area (Å²) in [6.45, 7) is 23.9. The summed E-state index contributed by atoms with van der Waals surface area (Å²) in [6, 6.07) is 13.6. The van der Waals surface area contributed by atoms with Crippen molar-refractivity contribution >= 4 is 32.8 Å². The molecule has 0 atom stereocenters. The quantitative estimate of drug-likeness (QED) is 0.149. The molecule has 4 N–H and O–H groups in total. The Morgan fingerprint density at radius 2 is 1.47 bits per heavy atom. The number of hydrogen-bond donors (Lipinski definition) is 4. The Hall–Kier alpha value is -4.23. The summed E-state index contributed by atoms with van der Waals surface area (Å²) in [7, 11) is 0. The van der Waals surface area contributed by atoms with Crippen molar-refractivity contribution in [2.75, 3.05) is 0 Å². The number of aliphatic hydroxyl groups excluding tert-OH is 1. The second kappa shape index (κ2) is 12.6. The summed E-state index contributed by atoms with van der Waals surface area (Å²) >= 11 is 0. The highest BCUT2D eigenvalue weighted by Gasteiger charge is 2.23. The number of hydrogen-bond acceptors (Lipinski definition) is 5. The number of H-pyrrole nitrogens is 2. The number of rotatable bonds is 1. The minimum absolute atomic E-state index is 0.00301. The van der Waals surface area contributed by atoms with E-state index in [0.29, 0.717) is 5.75 Å². The molecule has 0 saturated heterocycles. The van der Waals surface area contributed by atoms with E-state index in [9.17, 15) is 10.2 Å². The second-order valence-corrected chi connectivity index (χ2v) is 14.9. The van der Waals surface area contributed by atoms with Crippen molar-refractivity contribution in [2.45, 2.75) is 99.0 Å². The predicted molar refractivity (Wildman–Crippen MR) is 187 cm³/mol. The number of aryl methyl sites for hydroxylation is 2.